The van der Waals surface area contributed by atoms with E-state index in [0.29, 0.717) is 12.6 Å². The van der Waals surface area contributed by atoms with Crippen LogP contribution in [0.25, 0.3) is 0 Å². The number of hydrogen-bond acceptors (Lipinski definition) is 3. The summed E-state index contributed by atoms with van der Waals surface area (Å²) in [5.74, 6) is 1.12. The van der Waals surface area contributed by atoms with Crippen molar-refractivity contribution in [2.45, 2.75) is 38.1 Å². The molecule has 122 valence electrons. The number of hydrogen-bond donors (Lipinski definition) is 1. The lowest BCUT2D eigenvalue weighted by Crippen LogP contribution is -2.45. The fourth-order valence-corrected chi connectivity index (χ4v) is 3.42. The average molecular weight is 325 g/mol. The van der Waals surface area contributed by atoms with Crippen molar-refractivity contribution in [1.29, 1.82) is 0 Å². The van der Waals surface area contributed by atoms with Gasteiger partial charge in [0.1, 0.15) is 5.75 Å². The SMILES string of the molecule is CCCN(C(=O)C1CCOc2ccccc21)C1CCNC1.Cl. The number of benzene rings is 1. The van der Waals surface area contributed by atoms with Crippen LogP contribution in [0.1, 0.15) is 37.7 Å². The Morgan fingerprint density at radius 3 is 2.91 bits per heavy atom. The van der Waals surface area contributed by atoms with Gasteiger partial charge in [-0.15, -0.1) is 12.4 Å². The van der Waals surface area contributed by atoms with E-state index in [1.54, 1.807) is 0 Å². The number of fused-ring (bicyclic) bond motifs is 1. The van der Waals surface area contributed by atoms with Crippen LogP contribution in [0.5, 0.6) is 5.75 Å². The molecular formula is C17H25ClN2O2. The van der Waals surface area contributed by atoms with Gasteiger partial charge in [0.2, 0.25) is 5.91 Å². The largest absolute Gasteiger partial charge is 0.493 e. The zero-order valence-electron chi connectivity index (χ0n) is 13.1. The van der Waals surface area contributed by atoms with Gasteiger partial charge in [-0.1, -0.05) is 25.1 Å². The fourth-order valence-electron chi connectivity index (χ4n) is 3.42. The van der Waals surface area contributed by atoms with Gasteiger partial charge in [0.25, 0.3) is 0 Å². The van der Waals surface area contributed by atoms with Gasteiger partial charge >= 0.3 is 0 Å². The van der Waals surface area contributed by atoms with Crippen LogP contribution in [0.4, 0.5) is 0 Å². The third-order valence-electron chi connectivity index (χ3n) is 4.48. The zero-order valence-corrected chi connectivity index (χ0v) is 13.9. The van der Waals surface area contributed by atoms with Crippen LogP contribution >= 0.6 is 12.4 Å². The number of ether oxygens (including phenoxy) is 1. The minimum absolute atomic E-state index is 0. The molecule has 4 nitrogen and oxygen atoms in total. The molecule has 0 radical (unpaired) electrons. The number of nitrogens with one attached hydrogen (secondary N) is 1. The highest BCUT2D eigenvalue weighted by molar-refractivity contribution is 5.85. The van der Waals surface area contributed by atoms with Gasteiger partial charge < -0.3 is 15.0 Å². The first-order valence-corrected chi connectivity index (χ1v) is 8.04. The number of halogens is 1. The Labute approximate surface area is 138 Å². The molecule has 0 spiro atoms. The topological polar surface area (TPSA) is 41.6 Å². The Hall–Kier alpha value is -1.26. The Morgan fingerprint density at radius 2 is 2.18 bits per heavy atom. The Morgan fingerprint density at radius 1 is 1.36 bits per heavy atom. The summed E-state index contributed by atoms with van der Waals surface area (Å²) >= 11 is 0. The second-order valence-corrected chi connectivity index (χ2v) is 5.91. The molecule has 1 fully saturated rings. The van der Waals surface area contributed by atoms with Gasteiger partial charge in [-0.3, -0.25) is 4.79 Å². The van der Waals surface area contributed by atoms with Crippen LogP contribution in [-0.4, -0.2) is 43.1 Å². The van der Waals surface area contributed by atoms with E-state index >= 15 is 0 Å². The van der Waals surface area contributed by atoms with E-state index in [4.69, 9.17) is 4.74 Å². The molecule has 1 N–H and O–H groups in total. The van der Waals surface area contributed by atoms with Crippen LogP contribution in [0.2, 0.25) is 0 Å². The molecule has 1 aromatic rings. The van der Waals surface area contributed by atoms with Gasteiger partial charge in [-0.25, -0.2) is 0 Å². The van der Waals surface area contributed by atoms with E-state index in [2.05, 4.69) is 17.1 Å². The molecule has 0 aromatic heterocycles. The molecule has 1 amide bonds. The average Bonchev–Trinajstić information content (AvgIpc) is 3.05. The summed E-state index contributed by atoms with van der Waals surface area (Å²) in [5.41, 5.74) is 1.06. The molecule has 0 bridgehead atoms. The van der Waals surface area contributed by atoms with E-state index in [1.807, 2.05) is 24.3 Å². The van der Waals surface area contributed by atoms with E-state index in [1.165, 1.54) is 0 Å². The molecule has 3 rings (SSSR count). The van der Waals surface area contributed by atoms with E-state index in [9.17, 15) is 4.79 Å². The van der Waals surface area contributed by atoms with Crippen molar-refractivity contribution in [3.05, 3.63) is 29.8 Å². The predicted molar refractivity (Wildman–Crippen MR) is 89.8 cm³/mol. The second kappa shape index (κ2) is 7.84. The first kappa shape index (κ1) is 17.1. The predicted octanol–water partition coefficient (Wildman–Crippen LogP) is 2.58. The minimum atomic E-state index is -0.0397. The highest BCUT2D eigenvalue weighted by Gasteiger charge is 2.34. The van der Waals surface area contributed by atoms with Crippen LogP contribution in [0.15, 0.2) is 24.3 Å². The van der Waals surface area contributed by atoms with E-state index < -0.39 is 0 Å². The lowest BCUT2D eigenvalue weighted by molar-refractivity contribution is -0.135. The van der Waals surface area contributed by atoms with Gasteiger partial charge in [0, 0.05) is 24.7 Å². The van der Waals surface area contributed by atoms with Crippen molar-refractivity contribution in [3.8, 4) is 5.75 Å². The number of carbonyl (C=O) groups excluding carboxylic acids is 1. The summed E-state index contributed by atoms with van der Waals surface area (Å²) in [6.45, 7) is 5.57. The quantitative estimate of drug-likeness (QED) is 0.925. The van der Waals surface area contributed by atoms with Crippen LogP contribution in [-0.2, 0) is 4.79 Å². The van der Waals surface area contributed by atoms with Crippen molar-refractivity contribution >= 4 is 18.3 Å². The number of rotatable bonds is 4. The normalized spacial score (nSPS) is 23.1. The van der Waals surface area contributed by atoms with Crippen molar-refractivity contribution in [2.75, 3.05) is 26.2 Å². The smallest absolute Gasteiger partial charge is 0.230 e. The van der Waals surface area contributed by atoms with Crippen LogP contribution < -0.4 is 10.1 Å². The third-order valence-corrected chi connectivity index (χ3v) is 4.48. The van der Waals surface area contributed by atoms with Crippen molar-refractivity contribution in [3.63, 3.8) is 0 Å². The standard InChI is InChI=1S/C17H24N2O2.ClH/c1-2-10-19(13-7-9-18-12-13)17(20)15-8-11-21-16-6-4-3-5-14(15)16;/h3-6,13,15,18H,2,7-12H2,1H3;1H. The molecule has 0 saturated carbocycles. The first-order valence-electron chi connectivity index (χ1n) is 8.04. The Bertz CT molecular complexity index is 503. The highest BCUT2D eigenvalue weighted by atomic mass is 35.5. The van der Waals surface area contributed by atoms with Gasteiger partial charge in [-0.2, -0.15) is 0 Å². The molecule has 2 aliphatic heterocycles. The summed E-state index contributed by atoms with van der Waals surface area (Å²) in [7, 11) is 0. The molecular weight excluding hydrogens is 300 g/mol. The van der Waals surface area contributed by atoms with E-state index in [-0.39, 0.29) is 24.2 Å². The molecule has 2 unspecified atom stereocenters. The highest BCUT2D eigenvalue weighted by Crippen LogP contribution is 2.35. The minimum Gasteiger partial charge on any atom is -0.493 e. The fraction of sp³-hybridized carbons (Fsp3) is 0.588. The molecule has 2 aliphatic rings. The van der Waals surface area contributed by atoms with E-state index in [0.717, 1.165) is 50.2 Å². The van der Waals surface area contributed by atoms with Gasteiger partial charge in [0.15, 0.2) is 0 Å². The number of carbonyl (C=O) groups is 1. The molecule has 5 heteroatoms. The van der Waals surface area contributed by atoms with Crippen molar-refractivity contribution in [2.24, 2.45) is 0 Å². The maximum absolute atomic E-state index is 13.1. The molecule has 1 saturated heterocycles. The number of amides is 1. The molecule has 2 atom stereocenters. The summed E-state index contributed by atoms with van der Waals surface area (Å²) in [4.78, 5) is 15.2. The summed E-state index contributed by atoms with van der Waals surface area (Å²) in [6, 6.07) is 8.32. The maximum Gasteiger partial charge on any atom is 0.230 e. The Kier molecular flexibility index (Phi) is 6.09. The molecule has 1 aromatic carbocycles. The molecule has 2 heterocycles. The second-order valence-electron chi connectivity index (χ2n) is 5.91. The lowest BCUT2D eigenvalue weighted by Gasteiger charge is -2.34. The summed E-state index contributed by atoms with van der Waals surface area (Å²) in [5, 5.41) is 3.37. The van der Waals surface area contributed by atoms with Crippen molar-refractivity contribution in [1.82, 2.24) is 10.2 Å². The lowest BCUT2D eigenvalue weighted by atomic mass is 9.91. The zero-order chi connectivity index (χ0) is 14.7. The monoisotopic (exact) mass is 324 g/mol. The number of nitrogens with zero attached hydrogens (tertiary/aromatic N) is 1. The summed E-state index contributed by atoms with van der Waals surface area (Å²) in [6.07, 6.45) is 2.86. The Balaban J connectivity index is 0.00000176. The third kappa shape index (κ3) is 3.39. The number of para-hydroxylation sites is 1. The van der Waals surface area contributed by atoms with Crippen LogP contribution in [0.3, 0.4) is 0 Å². The maximum atomic E-state index is 13.1. The van der Waals surface area contributed by atoms with Crippen LogP contribution in [0, 0.1) is 0 Å². The first-order chi connectivity index (χ1) is 10.3. The summed E-state index contributed by atoms with van der Waals surface area (Å²) < 4.78 is 5.69. The molecule has 22 heavy (non-hydrogen) atoms. The van der Waals surface area contributed by atoms with Gasteiger partial charge in [0.05, 0.1) is 12.5 Å². The molecule has 0 aliphatic carbocycles. The van der Waals surface area contributed by atoms with Gasteiger partial charge in [-0.05, 0) is 31.9 Å². The van der Waals surface area contributed by atoms with Crippen molar-refractivity contribution < 1.29 is 9.53 Å².